The molecule has 1 atom stereocenters. The van der Waals surface area contributed by atoms with Gasteiger partial charge in [-0.3, -0.25) is 9.59 Å². The van der Waals surface area contributed by atoms with Crippen molar-refractivity contribution in [2.45, 2.75) is 12.6 Å². The topological polar surface area (TPSA) is 104 Å². The molecule has 1 aliphatic rings. The average molecular weight is 478 g/mol. The predicted octanol–water partition coefficient (Wildman–Crippen LogP) is 4.67. The number of carboxylic acids is 1. The van der Waals surface area contributed by atoms with Crippen LogP contribution in [0.1, 0.15) is 33.1 Å². The van der Waals surface area contributed by atoms with Crippen LogP contribution in [0.15, 0.2) is 78.4 Å². The lowest BCUT2D eigenvalue weighted by Crippen LogP contribution is -2.29. The van der Waals surface area contributed by atoms with E-state index in [0.29, 0.717) is 21.9 Å². The molecular formula is C26H20ClNO6. The minimum absolute atomic E-state index is 0.0464. The quantitative estimate of drug-likeness (QED) is 0.304. The maximum Gasteiger partial charge on any atom is 0.335 e. The molecule has 3 aromatic rings. The molecule has 1 heterocycles. The highest BCUT2D eigenvalue weighted by molar-refractivity contribution is 6.46. The zero-order valence-corrected chi connectivity index (χ0v) is 18.8. The first-order valence-corrected chi connectivity index (χ1v) is 10.7. The van der Waals surface area contributed by atoms with Gasteiger partial charge < -0.3 is 19.8 Å². The predicted molar refractivity (Wildman–Crippen MR) is 126 cm³/mol. The third-order valence-corrected chi connectivity index (χ3v) is 5.95. The number of carbonyl (C=O) groups is 3. The number of aliphatic hydroxyl groups is 1. The number of ketones is 1. The second-order valence-electron chi connectivity index (χ2n) is 7.69. The van der Waals surface area contributed by atoms with Gasteiger partial charge in [-0.05, 0) is 41.5 Å². The van der Waals surface area contributed by atoms with Gasteiger partial charge in [0.1, 0.15) is 11.5 Å². The van der Waals surface area contributed by atoms with Crippen LogP contribution in [-0.2, 0) is 16.1 Å². The fourth-order valence-corrected chi connectivity index (χ4v) is 4.13. The van der Waals surface area contributed by atoms with Crippen molar-refractivity contribution in [2.75, 3.05) is 7.11 Å². The number of methoxy groups -OCH3 is 1. The number of amides is 1. The van der Waals surface area contributed by atoms with Gasteiger partial charge in [0.25, 0.3) is 11.7 Å². The van der Waals surface area contributed by atoms with Gasteiger partial charge in [-0.15, -0.1) is 0 Å². The molecule has 8 heteroatoms. The van der Waals surface area contributed by atoms with Crippen molar-refractivity contribution in [1.82, 2.24) is 4.90 Å². The largest absolute Gasteiger partial charge is 0.507 e. The summed E-state index contributed by atoms with van der Waals surface area (Å²) in [4.78, 5) is 38.7. The number of nitrogens with zero attached hydrogens (tertiary/aromatic N) is 1. The maximum atomic E-state index is 13.1. The zero-order valence-electron chi connectivity index (χ0n) is 18.1. The molecular weight excluding hydrogens is 458 g/mol. The van der Waals surface area contributed by atoms with Gasteiger partial charge in [-0.25, -0.2) is 4.79 Å². The molecule has 0 spiro atoms. The Kier molecular flexibility index (Phi) is 6.38. The fraction of sp³-hybridized carbons (Fsp3) is 0.115. The fourth-order valence-electron chi connectivity index (χ4n) is 3.94. The molecule has 4 rings (SSSR count). The molecule has 7 nitrogen and oxygen atoms in total. The summed E-state index contributed by atoms with van der Waals surface area (Å²) < 4.78 is 5.21. The number of aromatic carboxylic acids is 1. The van der Waals surface area contributed by atoms with E-state index in [2.05, 4.69) is 0 Å². The van der Waals surface area contributed by atoms with Crippen LogP contribution < -0.4 is 4.74 Å². The van der Waals surface area contributed by atoms with E-state index in [4.69, 9.17) is 21.4 Å². The zero-order chi connectivity index (χ0) is 24.4. The van der Waals surface area contributed by atoms with Crippen LogP contribution in [0, 0.1) is 0 Å². The molecule has 1 fully saturated rings. The maximum absolute atomic E-state index is 13.1. The number of carboxylic acid groups (broad SMARTS) is 1. The standard InChI is InChI=1S/C26H20ClNO6/c1-34-20-13-18(11-12-19(20)27)23(29)21-22(16-5-3-2-4-6-16)28(25(31)24(21)30)14-15-7-9-17(10-8-15)26(32)33/h2-13,22,29H,14H2,1H3,(H,32,33)/b23-21-. The van der Waals surface area contributed by atoms with Crippen molar-refractivity contribution in [1.29, 1.82) is 0 Å². The normalized spacial score (nSPS) is 17.1. The van der Waals surface area contributed by atoms with Crippen LogP contribution in [0.2, 0.25) is 5.02 Å². The highest BCUT2D eigenvalue weighted by atomic mass is 35.5. The molecule has 172 valence electrons. The van der Waals surface area contributed by atoms with E-state index in [-0.39, 0.29) is 29.0 Å². The summed E-state index contributed by atoms with van der Waals surface area (Å²) in [5.74, 6) is -2.67. The van der Waals surface area contributed by atoms with Crippen LogP contribution in [0.3, 0.4) is 0 Å². The van der Waals surface area contributed by atoms with E-state index in [9.17, 15) is 19.5 Å². The molecule has 1 amide bonds. The molecule has 1 aliphatic heterocycles. The Morgan fingerprint density at radius 3 is 2.24 bits per heavy atom. The summed E-state index contributed by atoms with van der Waals surface area (Å²) in [6.07, 6.45) is 0. The van der Waals surface area contributed by atoms with Gasteiger partial charge in [0, 0.05) is 12.1 Å². The number of aliphatic hydroxyl groups excluding tert-OH is 1. The van der Waals surface area contributed by atoms with Crippen molar-refractivity contribution >= 4 is 35.0 Å². The Hall–Kier alpha value is -4.10. The lowest BCUT2D eigenvalue weighted by Gasteiger charge is -2.25. The molecule has 2 N–H and O–H groups in total. The molecule has 0 aliphatic carbocycles. The van der Waals surface area contributed by atoms with Gasteiger partial charge in [-0.2, -0.15) is 0 Å². The molecule has 1 unspecified atom stereocenters. The monoisotopic (exact) mass is 477 g/mol. The first-order chi connectivity index (χ1) is 16.3. The first kappa shape index (κ1) is 23.1. The van der Waals surface area contributed by atoms with Crippen LogP contribution in [0.4, 0.5) is 0 Å². The molecule has 3 aromatic carbocycles. The Morgan fingerprint density at radius 2 is 1.62 bits per heavy atom. The SMILES string of the molecule is COc1cc(/C(O)=C2/C(=O)C(=O)N(Cc3ccc(C(=O)O)cc3)C2c2ccccc2)ccc1Cl. The van der Waals surface area contributed by atoms with E-state index in [0.717, 1.165) is 0 Å². The van der Waals surface area contributed by atoms with Gasteiger partial charge >= 0.3 is 5.97 Å². The van der Waals surface area contributed by atoms with E-state index in [1.54, 1.807) is 42.5 Å². The van der Waals surface area contributed by atoms with E-state index >= 15 is 0 Å². The van der Waals surface area contributed by atoms with Crippen molar-refractivity contribution in [3.05, 3.63) is 106 Å². The minimum atomic E-state index is -1.06. The Labute approximate surface area is 200 Å². The number of carbonyl (C=O) groups excluding carboxylic acids is 2. The molecule has 34 heavy (non-hydrogen) atoms. The van der Waals surface area contributed by atoms with Crippen molar-refractivity contribution in [2.24, 2.45) is 0 Å². The van der Waals surface area contributed by atoms with Crippen molar-refractivity contribution in [3.8, 4) is 5.75 Å². The number of hydrogen-bond acceptors (Lipinski definition) is 5. The summed E-state index contributed by atoms with van der Waals surface area (Å²) >= 11 is 6.09. The van der Waals surface area contributed by atoms with Gasteiger partial charge in [0.2, 0.25) is 0 Å². The number of hydrogen-bond donors (Lipinski definition) is 2. The number of likely N-dealkylation sites (tertiary alicyclic amines) is 1. The summed E-state index contributed by atoms with van der Waals surface area (Å²) in [5, 5.41) is 20.6. The molecule has 0 aromatic heterocycles. The smallest absolute Gasteiger partial charge is 0.335 e. The average Bonchev–Trinajstić information content (AvgIpc) is 3.09. The number of rotatable bonds is 6. The number of Topliss-reactive ketones (excluding diaryl/α,β-unsaturated/α-hetero) is 1. The second kappa shape index (κ2) is 9.41. The molecule has 1 saturated heterocycles. The molecule has 0 bridgehead atoms. The van der Waals surface area contributed by atoms with Gasteiger partial charge in [-0.1, -0.05) is 54.1 Å². The summed E-state index contributed by atoms with van der Waals surface area (Å²) in [6, 6.07) is 18.7. The van der Waals surface area contributed by atoms with E-state index in [1.807, 2.05) is 6.07 Å². The molecule has 0 saturated carbocycles. The molecule has 0 radical (unpaired) electrons. The third kappa shape index (κ3) is 4.25. The number of ether oxygens (including phenoxy) is 1. The first-order valence-electron chi connectivity index (χ1n) is 10.3. The minimum Gasteiger partial charge on any atom is -0.507 e. The highest BCUT2D eigenvalue weighted by Crippen LogP contribution is 2.41. The summed E-state index contributed by atoms with van der Waals surface area (Å²) in [6.45, 7) is 0.0464. The number of benzene rings is 3. The Morgan fingerprint density at radius 1 is 0.971 bits per heavy atom. The van der Waals surface area contributed by atoms with Crippen LogP contribution in [0.25, 0.3) is 5.76 Å². The van der Waals surface area contributed by atoms with Crippen LogP contribution >= 0.6 is 11.6 Å². The summed E-state index contributed by atoms with van der Waals surface area (Å²) in [7, 11) is 1.43. The van der Waals surface area contributed by atoms with Crippen LogP contribution in [-0.4, -0.2) is 39.9 Å². The van der Waals surface area contributed by atoms with E-state index < -0.39 is 23.7 Å². The van der Waals surface area contributed by atoms with Crippen LogP contribution in [0.5, 0.6) is 5.75 Å². The third-order valence-electron chi connectivity index (χ3n) is 5.63. The Bertz CT molecular complexity index is 1300. The van der Waals surface area contributed by atoms with Gasteiger partial charge in [0.15, 0.2) is 0 Å². The summed E-state index contributed by atoms with van der Waals surface area (Å²) in [5.41, 5.74) is 1.63. The second-order valence-corrected chi connectivity index (χ2v) is 8.10. The lowest BCUT2D eigenvalue weighted by atomic mass is 9.95. The van der Waals surface area contributed by atoms with Gasteiger partial charge in [0.05, 0.1) is 29.3 Å². The van der Waals surface area contributed by atoms with E-state index in [1.165, 1.54) is 36.3 Å². The Balaban J connectivity index is 1.82. The lowest BCUT2D eigenvalue weighted by molar-refractivity contribution is -0.140. The number of halogens is 1. The highest BCUT2D eigenvalue weighted by Gasteiger charge is 2.46. The van der Waals surface area contributed by atoms with Crippen molar-refractivity contribution in [3.63, 3.8) is 0 Å². The van der Waals surface area contributed by atoms with Crippen molar-refractivity contribution < 1.29 is 29.3 Å².